The fourth-order valence-corrected chi connectivity index (χ4v) is 1.75. The minimum absolute atomic E-state index is 0.269. The number of rotatable bonds is 5. The summed E-state index contributed by atoms with van der Waals surface area (Å²) >= 11 is 0. The van der Waals surface area contributed by atoms with Gasteiger partial charge in [-0.2, -0.15) is 13.2 Å². The number of halogens is 3. The fraction of sp³-hybridized carbons (Fsp3) is 0.667. The molecule has 1 saturated carbocycles. The molecule has 1 aliphatic rings. The third-order valence-electron chi connectivity index (χ3n) is 2.91. The van der Waals surface area contributed by atoms with Gasteiger partial charge in [-0.3, -0.25) is 0 Å². The van der Waals surface area contributed by atoms with Crippen LogP contribution in [0.1, 0.15) is 37.1 Å². The molecule has 1 aromatic heterocycles. The summed E-state index contributed by atoms with van der Waals surface area (Å²) in [5, 5.41) is 5.42. The third kappa shape index (κ3) is 3.71. The van der Waals surface area contributed by atoms with Gasteiger partial charge in [0.15, 0.2) is 0 Å². The van der Waals surface area contributed by atoms with Crippen molar-refractivity contribution in [1.82, 2.24) is 9.97 Å². The maximum Gasteiger partial charge on any atom is 0.405 e. The predicted octanol–water partition coefficient (Wildman–Crippen LogP) is 3.07. The molecule has 1 fully saturated rings. The van der Waals surface area contributed by atoms with Crippen molar-refractivity contribution in [2.24, 2.45) is 0 Å². The average Bonchev–Trinajstić information content (AvgIpc) is 3.13. The van der Waals surface area contributed by atoms with Crippen LogP contribution in [0.4, 0.5) is 24.8 Å². The average molecular weight is 274 g/mol. The number of nitrogens with one attached hydrogen (secondary N) is 2. The third-order valence-corrected chi connectivity index (χ3v) is 2.91. The zero-order valence-corrected chi connectivity index (χ0v) is 10.9. The lowest BCUT2D eigenvalue weighted by atomic mass is 10.2. The molecule has 0 atom stereocenters. The first-order chi connectivity index (χ1) is 8.90. The molecule has 2 N–H and O–H groups in total. The van der Waals surface area contributed by atoms with Gasteiger partial charge >= 0.3 is 6.18 Å². The molecule has 0 spiro atoms. The van der Waals surface area contributed by atoms with Gasteiger partial charge < -0.3 is 10.6 Å². The molecule has 2 rings (SSSR count). The normalized spacial score (nSPS) is 15.4. The Bertz CT molecular complexity index is 455. The van der Waals surface area contributed by atoms with Crippen molar-refractivity contribution in [3.05, 3.63) is 11.4 Å². The summed E-state index contributed by atoms with van der Waals surface area (Å²) in [7, 11) is 0. The van der Waals surface area contributed by atoms with Gasteiger partial charge in [0.1, 0.15) is 24.0 Å². The molecule has 1 aromatic rings. The summed E-state index contributed by atoms with van der Waals surface area (Å²) in [5.41, 5.74) is 0.621. The summed E-state index contributed by atoms with van der Waals surface area (Å²) in [6.07, 6.45) is -2.24. The van der Waals surface area contributed by atoms with Crippen molar-refractivity contribution in [3.63, 3.8) is 0 Å². The van der Waals surface area contributed by atoms with Gasteiger partial charge in [0.25, 0.3) is 0 Å². The second-order valence-corrected chi connectivity index (χ2v) is 4.68. The van der Waals surface area contributed by atoms with Crippen LogP contribution in [0.5, 0.6) is 0 Å². The minimum Gasteiger partial charge on any atom is -0.370 e. The highest BCUT2D eigenvalue weighted by Crippen LogP contribution is 2.39. The summed E-state index contributed by atoms with van der Waals surface area (Å²) < 4.78 is 36.8. The standard InChI is InChI=1S/C12H17F3N4/c1-3-16-9-7(2)10(17-6-12(13,14)15)19-11(18-9)8-4-5-8/h8H,3-6H2,1-2H3,(H2,16,17,18,19). The molecule has 106 valence electrons. The fourth-order valence-electron chi connectivity index (χ4n) is 1.75. The number of anilines is 2. The van der Waals surface area contributed by atoms with E-state index in [1.54, 1.807) is 6.92 Å². The van der Waals surface area contributed by atoms with Crippen LogP contribution >= 0.6 is 0 Å². The van der Waals surface area contributed by atoms with E-state index in [2.05, 4.69) is 20.6 Å². The minimum atomic E-state index is -4.25. The lowest BCUT2D eigenvalue weighted by Crippen LogP contribution is -2.23. The van der Waals surface area contributed by atoms with Gasteiger partial charge in [-0.15, -0.1) is 0 Å². The maximum absolute atomic E-state index is 12.3. The van der Waals surface area contributed by atoms with Gasteiger partial charge in [-0.25, -0.2) is 9.97 Å². The van der Waals surface area contributed by atoms with Crippen LogP contribution in [-0.4, -0.2) is 29.2 Å². The molecular weight excluding hydrogens is 257 g/mol. The summed E-state index contributed by atoms with van der Waals surface area (Å²) in [4.78, 5) is 8.60. The monoisotopic (exact) mass is 274 g/mol. The Morgan fingerprint density at radius 2 is 1.74 bits per heavy atom. The van der Waals surface area contributed by atoms with Crippen LogP contribution in [0.3, 0.4) is 0 Å². The van der Waals surface area contributed by atoms with Crippen LogP contribution < -0.4 is 10.6 Å². The molecule has 4 nitrogen and oxygen atoms in total. The van der Waals surface area contributed by atoms with E-state index < -0.39 is 12.7 Å². The first kappa shape index (κ1) is 13.9. The molecule has 0 bridgehead atoms. The largest absolute Gasteiger partial charge is 0.405 e. The van der Waals surface area contributed by atoms with Crippen LogP contribution in [0.25, 0.3) is 0 Å². The highest BCUT2D eigenvalue weighted by atomic mass is 19.4. The predicted molar refractivity (Wildman–Crippen MR) is 67.5 cm³/mol. The highest BCUT2D eigenvalue weighted by Gasteiger charge is 2.30. The van der Waals surface area contributed by atoms with E-state index in [-0.39, 0.29) is 5.82 Å². The van der Waals surface area contributed by atoms with Crippen molar-refractivity contribution in [1.29, 1.82) is 0 Å². The molecule has 7 heteroatoms. The van der Waals surface area contributed by atoms with E-state index in [1.165, 1.54) is 0 Å². The molecule has 19 heavy (non-hydrogen) atoms. The van der Waals surface area contributed by atoms with Crippen LogP contribution in [0.15, 0.2) is 0 Å². The topological polar surface area (TPSA) is 49.8 Å². The number of hydrogen-bond donors (Lipinski definition) is 2. The Morgan fingerprint density at radius 1 is 1.16 bits per heavy atom. The Kier molecular flexibility index (Phi) is 3.82. The Labute approximate surface area is 109 Å². The molecule has 0 aliphatic heterocycles. The molecule has 0 amide bonds. The Morgan fingerprint density at radius 3 is 2.21 bits per heavy atom. The van der Waals surface area contributed by atoms with Gasteiger partial charge in [0.05, 0.1) is 0 Å². The molecule has 0 unspecified atom stereocenters. The van der Waals surface area contributed by atoms with E-state index in [4.69, 9.17) is 0 Å². The van der Waals surface area contributed by atoms with E-state index in [0.29, 0.717) is 29.7 Å². The van der Waals surface area contributed by atoms with Gasteiger partial charge in [0, 0.05) is 18.0 Å². The molecule has 0 radical (unpaired) electrons. The second-order valence-electron chi connectivity index (χ2n) is 4.68. The quantitative estimate of drug-likeness (QED) is 0.866. The summed E-state index contributed by atoms with van der Waals surface area (Å²) in [5.74, 6) is 1.81. The number of hydrogen-bond acceptors (Lipinski definition) is 4. The van der Waals surface area contributed by atoms with Gasteiger partial charge in [-0.1, -0.05) is 0 Å². The van der Waals surface area contributed by atoms with E-state index >= 15 is 0 Å². The molecule has 0 saturated heterocycles. The van der Waals surface area contributed by atoms with Crippen LogP contribution in [-0.2, 0) is 0 Å². The smallest absolute Gasteiger partial charge is 0.370 e. The van der Waals surface area contributed by atoms with Crippen molar-refractivity contribution >= 4 is 11.6 Å². The summed E-state index contributed by atoms with van der Waals surface area (Å²) in [6, 6.07) is 0. The molecular formula is C12H17F3N4. The first-order valence-corrected chi connectivity index (χ1v) is 6.33. The van der Waals surface area contributed by atoms with Gasteiger partial charge in [0.2, 0.25) is 0 Å². The van der Waals surface area contributed by atoms with Crippen molar-refractivity contribution in [2.45, 2.75) is 38.8 Å². The Balaban J connectivity index is 2.24. The number of nitrogens with zero attached hydrogens (tertiary/aromatic N) is 2. The zero-order valence-electron chi connectivity index (χ0n) is 10.9. The zero-order chi connectivity index (χ0) is 14.0. The van der Waals surface area contributed by atoms with E-state index in [9.17, 15) is 13.2 Å². The maximum atomic E-state index is 12.3. The number of aromatic nitrogens is 2. The number of alkyl halides is 3. The summed E-state index contributed by atoms with van der Waals surface area (Å²) in [6.45, 7) is 3.22. The van der Waals surface area contributed by atoms with Crippen LogP contribution in [0, 0.1) is 6.92 Å². The first-order valence-electron chi connectivity index (χ1n) is 6.33. The van der Waals surface area contributed by atoms with Crippen molar-refractivity contribution in [2.75, 3.05) is 23.7 Å². The lowest BCUT2D eigenvalue weighted by molar-refractivity contribution is -0.115. The molecule has 1 aliphatic carbocycles. The van der Waals surface area contributed by atoms with E-state index in [1.807, 2.05) is 6.92 Å². The van der Waals surface area contributed by atoms with Crippen LogP contribution in [0.2, 0.25) is 0 Å². The molecule has 0 aromatic carbocycles. The lowest BCUT2D eigenvalue weighted by Gasteiger charge is -2.15. The molecule has 1 heterocycles. The van der Waals surface area contributed by atoms with Crippen molar-refractivity contribution in [3.8, 4) is 0 Å². The van der Waals surface area contributed by atoms with E-state index in [0.717, 1.165) is 12.8 Å². The van der Waals surface area contributed by atoms with Crippen molar-refractivity contribution < 1.29 is 13.2 Å². The van der Waals surface area contributed by atoms with Gasteiger partial charge in [-0.05, 0) is 26.7 Å². The Hall–Kier alpha value is -1.53. The highest BCUT2D eigenvalue weighted by molar-refractivity contribution is 5.57. The SMILES string of the molecule is CCNc1nc(C2CC2)nc(NCC(F)(F)F)c1C. The second kappa shape index (κ2) is 5.22.